The average molecular weight is 218 g/mol. The number of sulfone groups is 1. The Balaban J connectivity index is 2.94. The van der Waals surface area contributed by atoms with Crippen molar-refractivity contribution in [1.82, 2.24) is 0 Å². The first-order chi connectivity index (χ1) is 6.44. The normalized spacial score (nSPS) is 11.6. The Morgan fingerprint density at radius 3 is 2.57 bits per heavy atom. The minimum atomic E-state index is -3.15. The Morgan fingerprint density at radius 1 is 1.43 bits per heavy atom. The number of halogens is 1. The van der Waals surface area contributed by atoms with Gasteiger partial charge in [-0.05, 0) is 17.7 Å². The van der Waals surface area contributed by atoms with Gasteiger partial charge in [0.15, 0.2) is 21.4 Å². The van der Waals surface area contributed by atoms with Crippen LogP contribution in [0.5, 0.6) is 5.75 Å². The lowest BCUT2D eigenvalue weighted by Gasteiger charge is -2.02. The van der Waals surface area contributed by atoms with E-state index in [-0.39, 0.29) is 11.5 Å². The summed E-state index contributed by atoms with van der Waals surface area (Å²) >= 11 is 0. The van der Waals surface area contributed by atoms with Crippen LogP contribution >= 0.6 is 0 Å². The van der Waals surface area contributed by atoms with Crippen molar-refractivity contribution in [2.45, 2.75) is 12.7 Å². The van der Waals surface area contributed by atoms with Gasteiger partial charge in [0.2, 0.25) is 0 Å². The van der Waals surface area contributed by atoms with Crippen LogP contribution in [-0.4, -0.2) is 19.3 Å². The zero-order valence-corrected chi connectivity index (χ0v) is 8.51. The number of rotatable bonds is 3. The lowest BCUT2D eigenvalue weighted by molar-refractivity contribution is 0.432. The van der Waals surface area contributed by atoms with Crippen molar-refractivity contribution < 1.29 is 17.9 Å². The van der Waals surface area contributed by atoms with Gasteiger partial charge in [0.1, 0.15) is 0 Å². The van der Waals surface area contributed by atoms with Gasteiger partial charge in [-0.2, -0.15) is 0 Å². The van der Waals surface area contributed by atoms with Crippen LogP contribution in [-0.2, 0) is 15.6 Å². The van der Waals surface area contributed by atoms with Gasteiger partial charge in [0.05, 0.1) is 5.75 Å². The molecule has 5 heteroatoms. The molecule has 0 atom stereocenters. The molecule has 1 rings (SSSR count). The second-order valence-electron chi connectivity index (χ2n) is 2.96. The smallest absolute Gasteiger partial charge is 0.165 e. The molecule has 1 aromatic rings. The Morgan fingerprint density at radius 2 is 2.07 bits per heavy atom. The monoisotopic (exact) mass is 218 g/mol. The predicted molar refractivity (Wildman–Crippen MR) is 51.2 cm³/mol. The average Bonchev–Trinajstić information content (AvgIpc) is 2.11. The summed E-state index contributed by atoms with van der Waals surface area (Å²) in [6.45, 7) is 1.53. The molecular weight excluding hydrogens is 207 g/mol. The highest BCUT2D eigenvalue weighted by molar-refractivity contribution is 7.90. The van der Waals surface area contributed by atoms with Crippen molar-refractivity contribution in [1.29, 1.82) is 0 Å². The lowest BCUT2D eigenvalue weighted by Crippen LogP contribution is -2.06. The first kappa shape index (κ1) is 11.0. The molecule has 0 heterocycles. The Hall–Kier alpha value is -1.10. The second kappa shape index (κ2) is 3.96. The van der Waals surface area contributed by atoms with Gasteiger partial charge in [-0.3, -0.25) is 0 Å². The van der Waals surface area contributed by atoms with E-state index in [2.05, 4.69) is 0 Å². The number of hydrogen-bond acceptors (Lipinski definition) is 3. The third kappa shape index (κ3) is 2.70. The topological polar surface area (TPSA) is 54.4 Å². The van der Waals surface area contributed by atoms with E-state index in [9.17, 15) is 12.8 Å². The highest BCUT2D eigenvalue weighted by atomic mass is 32.2. The molecule has 0 radical (unpaired) electrons. The molecule has 1 aromatic carbocycles. The van der Waals surface area contributed by atoms with Crippen LogP contribution in [0.15, 0.2) is 18.2 Å². The number of benzene rings is 1. The SMILES string of the molecule is CCS(=O)(=O)Cc1ccc(O)c(F)c1. The summed E-state index contributed by atoms with van der Waals surface area (Å²) in [6.07, 6.45) is 0. The standard InChI is InChI=1S/C9H11FO3S/c1-2-14(12,13)6-7-3-4-9(11)8(10)5-7/h3-5,11H,2,6H2,1H3. The quantitative estimate of drug-likeness (QED) is 0.835. The molecule has 0 aliphatic carbocycles. The van der Waals surface area contributed by atoms with Crippen LogP contribution < -0.4 is 0 Å². The molecule has 0 fully saturated rings. The van der Waals surface area contributed by atoms with Gasteiger partial charge < -0.3 is 5.11 Å². The summed E-state index contributed by atoms with van der Waals surface area (Å²) in [4.78, 5) is 0. The first-order valence-corrected chi connectivity index (χ1v) is 5.94. The molecule has 0 aliphatic heterocycles. The summed E-state index contributed by atoms with van der Waals surface area (Å²) in [5.41, 5.74) is 0.349. The maximum Gasteiger partial charge on any atom is 0.165 e. The number of phenolic OH excluding ortho intramolecular Hbond substituents is 1. The van der Waals surface area contributed by atoms with E-state index < -0.39 is 21.4 Å². The van der Waals surface area contributed by atoms with E-state index in [4.69, 9.17) is 5.11 Å². The molecular formula is C9H11FO3S. The minimum absolute atomic E-state index is 0.0233. The molecule has 14 heavy (non-hydrogen) atoms. The van der Waals surface area contributed by atoms with Gasteiger partial charge >= 0.3 is 0 Å². The highest BCUT2D eigenvalue weighted by Crippen LogP contribution is 2.17. The van der Waals surface area contributed by atoms with Crippen LogP contribution in [0.2, 0.25) is 0 Å². The summed E-state index contributed by atoms with van der Waals surface area (Å²) in [5, 5.41) is 8.87. The maximum atomic E-state index is 12.8. The number of phenols is 1. The van der Waals surface area contributed by atoms with Crippen LogP contribution in [0.4, 0.5) is 4.39 Å². The van der Waals surface area contributed by atoms with Crippen LogP contribution in [0.1, 0.15) is 12.5 Å². The summed E-state index contributed by atoms with van der Waals surface area (Å²) in [6, 6.07) is 3.57. The number of aromatic hydroxyl groups is 1. The maximum absolute atomic E-state index is 12.8. The van der Waals surface area contributed by atoms with Gasteiger partial charge in [0.25, 0.3) is 0 Å². The predicted octanol–water partition coefficient (Wildman–Crippen LogP) is 1.47. The zero-order valence-electron chi connectivity index (χ0n) is 7.70. The largest absolute Gasteiger partial charge is 0.505 e. The van der Waals surface area contributed by atoms with Gasteiger partial charge in [-0.1, -0.05) is 13.0 Å². The van der Waals surface area contributed by atoms with Gasteiger partial charge in [0, 0.05) is 5.75 Å². The summed E-state index contributed by atoms with van der Waals surface area (Å²) in [7, 11) is -3.15. The molecule has 0 bridgehead atoms. The molecule has 0 aromatic heterocycles. The van der Waals surface area contributed by atoms with Crippen molar-refractivity contribution in [2.75, 3.05) is 5.75 Å². The fourth-order valence-corrected chi connectivity index (χ4v) is 1.89. The fourth-order valence-electron chi connectivity index (χ4n) is 0.996. The Bertz CT molecular complexity index is 426. The lowest BCUT2D eigenvalue weighted by atomic mass is 10.2. The molecule has 0 unspecified atom stereocenters. The molecule has 0 amide bonds. The van der Waals surface area contributed by atoms with E-state index in [0.29, 0.717) is 5.56 Å². The molecule has 0 saturated carbocycles. The third-order valence-corrected chi connectivity index (χ3v) is 3.49. The van der Waals surface area contributed by atoms with E-state index in [1.54, 1.807) is 0 Å². The van der Waals surface area contributed by atoms with Crippen molar-refractivity contribution in [2.24, 2.45) is 0 Å². The minimum Gasteiger partial charge on any atom is -0.505 e. The first-order valence-electron chi connectivity index (χ1n) is 4.12. The van der Waals surface area contributed by atoms with Crippen molar-refractivity contribution in [3.8, 4) is 5.75 Å². The van der Waals surface area contributed by atoms with Crippen molar-refractivity contribution in [3.63, 3.8) is 0 Å². The fraction of sp³-hybridized carbons (Fsp3) is 0.333. The van der Waals surface area contributed by atoms with E-state index in [1.165, 1.54) is 13.0 Å². The van der Waals surface area contributed by atoms with Gasteiger partial charge in [-0.15, -0.1) is 0 Å². The molecule has 0 saturated heterocycles. The third-order valence-electron chi connectivity index (χ3n) is 1.84. The van der Waals surface area contributed by atoms with Crippen LogP contribution in [0.25, 0.3) is 0 Å². The van der Waals surface area contributed by atoms with Crippen LogP contribution in [0.3, 0.4) is 0 Å². The molecule has 1 N–H and O–H groups in total. The van der Waals surface area contributed by atoms with Crippen LogP contribution in [0, 0.1) is 5.82 Å². The van der Waals surface area contributed by atoms with Crippen molar-refractivity contribution in [3.05, 3.63) is 29.6 Å². The van der Waals surface area contributed by atoms with E-state index in [0.717, 1.165) is 12.1 Å². The molecule has 0 spiro atoms. The van der Waals surface area contributed by atoms with E-state index in [1.807, 2.05) is 0 Å². The van der Waals surface area contributed by atoms with Crippen molar-refractivity contribution >= 4 is 9.84 Å². The molecule has 78 valence electrons. The highest BCUT2D eigenvalue weighted by Gasteiger charge is 2.10. The Kier molecular flexibility index (Phi) is 3.10. The molecule has 0 aliphatic rings. The van der Waals surface area contributed by atoms with E-state index >= 15 is 0 Å². The summed E-state index contributed by atoms with van der Waals surface area (Å²) in [5.74, 6) is -1.44. The van der Waals surface area contributed by atoms with Gasteiger partial charge in [-0.25, -0.2) is 12.8 Å². The zero-order chi connectivity index (χ0) is 10.8. The Labute approximate surface area is 82.1 Å². The number of hydrogen-bond donors (Lipinski definition) is 1. The summed E-state index contributed by atoms with van der Waals surface area (Å²) < 4.78 is 35.2. The molecule has 3 nitrogen and oxygen atoms in total. The second-order valence-corrected chi connectivity index (χ2v) is 5.32.